The average molecular weight is 267 g/mol. The molecule has 1 rings (SSSR count). The van der Waals surface area contributed by atoms with Gasteiger partial charge in [-0.1, -0.05) is 18.9 Å². The Kier molecular flexibility index (Phi) is 8.35. The van der Waals surface area contributed by atoms with Crippen LogP contribution in [0.4, 0.5) is 0 Å². The summed E-state index contributed by atoms with van der Waals surface area (Å²) in [6.45, 7) is 7.43. The number of allylic oxidation sites excluding steroid dienone is 1. The number of rotatable bonds is 8. The van der Waals surface area contributed by atoms with E-state index in [1.807, 2.05) is 6.08 Å². The molecule has 1 fully saturated rings. The van der Waals surface area contributed by atoms with Crippen LogP contribution in [0.5, 0.6) is 0 Å². The van der Waals surface area contributed by atoms with Gasteiger partial charge >= 0.3 is 0 Å². The van der Waals surface area contributed by atoms with Gasteiger partial charge in [-0.05, 0) is 59.9 Å². The van der Waals surface area contributed by atoms with Gasteiger partial charge in [-0.15, -0.1) is 6.58 Å². The maximum absolute atomic E-state index is 3.79. The zero-order chi connectivity index (χ0) is 14.1. The second-order valence-corrected chi connectivity index (χ2v) is 5.99. The van der Waals surface area contributed by atoms with Crippen LogP contribution < -0.4 is 5.32 Å². The third kappa shape index (κ3) is 6.07. The minimum atomic E-state index is 0.620. The minimum absolute atomic E-state index is 0.620. The van der Waals surface area contributed by atoms with Crippen LogP contribution in [-0.2, 0) is 0 Å². The first kappa shape index (κ1) is 16.7. The SMILES string of the molecule is C=CCCCCCC(NC)C1CN(C)CCCN1C. The van der Waals surface area contributed by atoms with Crippen LogP contribution in [0, 0.1) is 0 Å². The van der Waals surface area contributed by atoms with Crippen LogP contribution >= 0.6 is 0 Å². The fraction of sp³-hybridized carbons (Fsp3) is 0.875. The van der Waals surface area contributed by atoms with Crippen molar-refractivity contribution in [2.24, 2.45) is 0 Å². The van der Waals surface area contributed by atoms with Crippen molar-refractivity contribution < 1.29 is 0 Å². The van der Waals surface area contributed by atoms with Crippen LogP contribution in [0.1, 0.15) is 38.5 Å². The number of unbranched alkanes of at least 4 members (excludes halogenated alkanes) is 3. The Morgan fingerprint density at radius 2 is 2.05 bits per heavy atom. The molecule has 1 aliphatic heterocycles. The monoisotopic (exact) mass is 267 g/mol. The largest absolute Gasteiger partial charge is 0.315 e. The highest BCUT2D eigenvalue weighted by atomic mass is 15.2. The lowest BCUT2D eigenvalue weighted by Crippen LogP contribution is -2.51. The number of nitrogens with one attached hydrogen (secondary N) is 1. The van der Waals surface area contributed by atoms with E-state index in [1.165, 1.54) is 51.7 Å². The lowest BCUT2D eigenvalue weighted by atomic mass is 9.99. The van der Waals surface area contributed by atoms with Crippen LogP contribution in [0.25, 0.3) is 0 Å². The van der Waals surface area contributed by atoms with Crippen molar-refractivity contribution in [3.63, 3.8) is 0 Å². The quantitative estimate of drug-likeness (QED) is 0.538. The first-order chi connectivity index (χ1) is 9.19. The van der Waals surface area contributed by atoms with Gasteiger partial charge in [0.05, 0.1) is 0 Å². The zero-order valence-corrected chi connectivity index (χ0v) is 13.2. The first-order valence-corrected chi connectivity index (χ1v) is 7.86. The Labute approximate surface area is 120 Å². The van der Waals surface area contributed by atoms with Crippen molar-refractivity contribution in [2.45, 2.75) is 50.6 Å². The van der Waals surface area contributed by atoms with E-state index in [0.717, 1.165) is 6.42 Å². The highest BCUT2D eigenvalue weighted by molar-refractivity contribution is 4.86. The molecule has 1 aliphatic rings. The Balaban J connectivity index is 2.39. The first-order valence-electron chi connectivity index (χ1n) is 7.86. The molecule has 2 unspecified atom stereocenters. The molecule has 1 saturated heterocycles. The van der Waals surface area contributed by atoms with Gasteiger partial charge in [0.15, 0.2) is 0 Å². The summed E-state index contributed by atoms with van der Waals surface area (Å²) >= 11 is 0. The van der Waals surface area contributed by atoms with Gasteiger partial charge in [0.2, 0.25) is 0 Å². The molecule has 19 heavy (non-hydrogen) atoms. The van der Waals surface area contributed by atoms with Crippen molar-refractivity contribution in [1.29, 1.82) is 0 Å². The summed E-state index contributed by atoms with van der Waals surface area (Å²) in [6, 6.07) is 1.27. The fourth-order valence-corrected chi connectivity index (χ4v) is 3.10. The van der Waals surface area contributed by atoms with Crippen LogP contribution in [-0.4, -0.2) is 62.7 Å². The van der Waals surface area contributed by atoms with Crippen molar-refractivity contribution >= 4 is 0 Å². The lowest BCUT2D eigenvalue weighted by molar-refractivity contribution is 0.175. The van der Waals surface area contributed by atoms with Gasteiger partial charge in [0.25, 0.3) is 0 Å². The molecule has 0 aromatic heterocycles. The smallest absolute Gasteiger partial charge is 0.0373 e. The van der Waals surface area contributed by atoms with Gasteiger partial charge < -0.3 is 15.1 Å². The molecule has 0 bridgehead atoms. The molecular formula is C16H33N3. The molecule has 0 radical (unpaired) electrons. The third-order valence-corrected chi connectivity index (χ3v) is 4.37. The molecule has 0 spiro atoms. The van der Waals surface area contributed by atoms with E-state index in [1.54, 1.807) is 0 Å². The van der Waals surface area contributed by atoms with E-state index in [4.69, 9.17) is 0 Å². The highest BCUT2D eigenvalue weighted by Gasteiger charge is 2.26. The third-order valence-electron chi connectivity index (χ3n) is 4.37. The Hall–Kier alpha value is -0.380. The van der Waals surface area contributed by atoms with Gasteiger partial charge in [-0.2, -0.15) is 0 Å². The maximum Gasteiger partial charge on any atom is 0.0373 e. The van der Waals surface area contributed by atoms with Crippen LogP contribution in [0.15, 0.2) is 12.7 Å². The normalized spacial score (nSPS) is 24.1. The highest BCUT2D eigenvalue weighted by Crippen LogP contribution is 2.15. The molecule has 3 heteroatoms. The summed E-state index contributed by atoms with van der Waals surface area (Å²) < 4.78 is 0. The van der Waals surface area contributed by atoms with Crippen LogP contribution in [0.3, 0.4) is 0 Å². The topological polar surface area (TPSA) is 18.5 Å². The lowest BCUT2D eigenvalue weighted by Gasteiger charge is -2.34. The van der Waals surface area contributed by atoms with E-state index in [0.29, 0.717) is 12.1 Å². The number of likely N-dealkylation sites (N-methyl/N-ethyl adjacent to an activating group) is 3. The average Bonchev–Trinajstić information content (AvgIpc) is 2.56. The number of nitrogens with zero attached hydrogens (tertiary/aromatic N) is 2. The molecule has 1 N–H and O–H groups in total. The van der Waals surface area contributed by atoms with Crippen molar-refractivity contribution in [3.05, 3.63) is 12.7 Å². The van der Waals surface area contributed by atoms with Crippen molar-refractivity contribution in [1.82, 2.24) is 15.1 Å². The molecule has 0 aromatic rings. The summed E-state index contributed by atoms with van der Waals surface area (Å²) in [6.07, 6.45) is 9.72. The molecule has 0 saturated carbocycles. The summed E-state index contributed by atoms with van der Waals surface area (Å²) in [7, 11) is 6.65. The molecular weight excluding hydrogens is 234 g/mol. The molecule has 1 heterocycles. The Morgan fingerprint density at radius 1 is 1.26 bits per heavy atom. The maximum atomic E-state index is 3.79. The molecule has 3 nitrogen and oxygen atoms in total. The standard InChI is InChI=1S/C16H33N3/c1-5-6-7-8-9-11-15(17-2)16-14-18(3)12-10-13-19(16)4/h5,15-17H,1,6-14H2,2-4H3. The van der Waals surface area contributed by atoms with Crippen LogP contribution in [0.2, 0.25) is 0 Å². The van der Waals surface area contributed by atoms with Gasteiger partial charge in [-0.3, -0.25) is 0 Å². The molecule has 0 aliphatic carbocycles. The van der Waals surface area contributed by atoms with Gasteiger partial charge in [0.1, 0.15) is 0 Å². The van der Waals surface area contributed by atoms with Gasteiger partial charge in [0, 0.05) is 18.6 Å². The summed E-state index contributed by atoms with van der Waals surface area (Å²) in [5.74, 6) is 0. The predicted octanol–water partition coefficient (Wildman–Crippen LogP) is 2.35. The number of hydrogen-bond acceptors (Lipinski definition) is 3. The summed E-state index contributed by atoms with van der Waals surface area (Å²) in [4.78, 5) is 5.03. The summed E-state index contributed by atoms with van der Waals surface area (Å²) in [5, 5.41) is 3.55. The molecule has 0 amide bonds. The second kappa shape index (κ2) is 9.51. The zero-order valence-electron chi connectivity index (χ0n) is 13.2. The predicted molar refractivity (Wildman–Crippen MR) is 84.7 cm³/mol. The fourth-order valence-electron chi connectivity index (χ4n) is 3.10. The second-order valence-electron chi connectivity index (χ2n) is 5.99. The van der Waals surface area contributed by atoms with E-state index in [9.17, 15) is 0 Å². The van der Waals surface area contributed by atoms with E-state index < -0.39 is 0 Å². The Bertz CT molecular complexity index is 242. The number of hydrogen-bond donors (Lipinski definition) is 1. The van der Waals surface area contributed by atoms with E-state index >= 15 is 0 Å². The van der Waals surface area contributed by atoms with Crippen molar-refractivity contribution in [2.75, 3.05) is 40.8 Å². The molecule has 112 valence electrons. The molecule has 2 atom stereocenters. The Morgan fingerprint density at radius 3 is 2.74 bits per heavy atom. The summed E-state index contributed by atoms with van der Waals surface area (Å²) in [5.41, 5.74) is 0. The minimum Gasteiger partial charge on any atom is -0.315 e. The van der Waals surface area contributed by atoms with E-state index in [-0.39, 0.29) is 0 Å². The van der Waals surface area contributed by atoms with E-state index in [2.05, 4.69) is 42.8 Å². The molecule has 0 aromatic carbocycles. The van der Waals surface area contributed by atoms with Gasteiger partial charge in [-0.25, -0.2) is 0 Å². The van der Waals surface area contributed by atoms with Crippen molar-refractivity contribution in [3.8, 4) is 0 Å².